The normalized spacial score (nSPS) is 27.6. The molecular formula is C74H135O24P. The van der Waals surface area contributed by atoms with Crippen LogP contribution in [0.4, 0.5) is 0 Å². The van der Waals surface area contributed by atoms with Crippen LogP contribution >= 0.6 is 7.82 Å². The van der Waals surface area contributed by atoms with Gasteiger partial charge in [-0.3, -0.25) is 18.6 Å². The van der Waals surface area contributed by atoms with E-state index in [-0.39, 0.29) is 12.8 Å². The lowest BCUT2D eigenvalue weighted by molar-refractivity contribution is -0.360. The van der Waals surface area contributed by atoms with Crippen LogP contribution in [0.15, 0.2) is 24.3 Å². The molecule has 18 unspecified atom stereocenters. The zero-order valence-corrected chi connectivity index (χ0v) is 61.4. The molecule has 2 heterocycles. The highest BCUT2D eigenvalue weighted by Crippen LogP contribution is 2.49. The summed E-state index contributed by atoms with van der Waals surface area (Å²) in [6.07, 6.45) is 17.2. The van der Waals surface area contributed by atoms with Gasteiger partial charge >= 0.3 is 25.7 Å². The van der Waals surface area contributed by atoms with Crippen molar-refractivity contribution < 1.29 is 117 Å². The monoisotopic (exact) mass is 1440 g/mol. The van der Waals surface area contributed by atoms with E-state index < -0.39 is 156 Å². The standard InChI is InChI=1S/C74H135O24P/c1-4-7-10-13-16-19-22-25-28-31-34-37-40-43-46-49-59(77)91-54-57-62(80)64(82)69(87)74(95-57)97-71-67(85)65(83)66(84)70(96-73-68(86)63(81)61(79)56(51-75)94-73)72(71)98-99(88,89)92-53-55(52-90-58(76)48-45-42-39-36-33-30-27-24-21-18-15-12-9-6-3)93-60(78)50-47-44-41-38-35-32-29-26-23-20-17-14-11-8-5-2/h40,43,46,49,55-57,61-75,79-87H,4-39,41-42,44-45,47-48,50-54H2,1-3H3,(H,88,89)/b43-40+,49-46+. The van der Waals surface area contributed by atoms with Gasteiger partial charge in [-0.25, -0.2) is 9.36 Å². The summed E-state index contributed by atoms with van der Waals surface area (Å²) in [5.74, 6) is -2.21. The van der Waals surface area contributed by atoms with E-state index >= 15 is 0 Å². The molecule has 0 spiro atoms. The van der Waals surface area contributed by atoms with Gasteiger partial charge < -0.3 is 89.1 Å². The SMILES string of the molecule is CCCCCCCCCCCCC/C=C/C=C/C(=O)OCC1OC(OC2C(O)C(O)C(O)C(OC3OC(CO)C(O)C(O)C3O)C2OP(=O)(O)OCC(COC(=O)CCCCCCCCCCCCCCCC)OC(=O)CCCCCCCCCCCCCCCCC)C(O)C(O)C1O. The van der Waals surface area contributed by atoms with E-state index in [2.05, 4.69) is 20.8 Å². The van der Waals surface area contributed by atoms with E-state index in [0.29, 0.717) is 12.8 Å². The first-order chi connectivity index (χ1) is 47.8. The van der Waals surface area contributed by atoms with Gasteiger partial charge in [0.05, 0.1) is 13.2 Å². The Labute approximate surface area is 592 Å². The second kappa shape index (κ2) is 55.9. The first-order valence-corrected chi connectivity index (χ1v) is 40.2. The molecule has 3 rings (SSSR count). The molecule has 2 saturated heterocycles. The minimum Gasteiger partial charge on any atom is -0.462 e. The molecule has 11 N–H and O–H groups in total. The molecule has 0 aromatic carbocycles. The van der Waals surface area contributed by atoms with Gasteiger partial charge in [0.15, 0.2) is 18.7 Å². The predicted octanol–water partition coefficient (Wildman–Crippen LogP) is 10.9. The topological polar surface area (TPSA) is 374 Å². The number of ether oxygens (including phenoxy) is 7. The number of hydrogen-bond donors (Lipinski definition) is 11. The minimum atomic E-state index is -5.70. The fraction of sp³-hybridized carbons (Fsp3) is 0.905. The number of aliphatic hydroxyl groups is 10. The van der Waals surface area contributed by atoms with Gasteiger partial charge in [0.1, 0.15) is 98.7 Å². The van der Waals surface area contributed by atoms with Crippen LogP contribution in [0, 0.1) is 0 Å². The third kappa shape index (κ3) is 38.9. The number of phosphoric acid groups is 1. The van der Waals surface area contributed by atoms with Crippen molar-refractivity contribution in [1.82, 2.24) is 0 Å². The molecular weight excluding hydrogens is 1300 g/mol. The molecule has 0 radical (unpaired) electrons. The van der Waals surface area contributed by atoms with Gasteiger partial charge in [-0.1, -0.05) is 277 Å². The maximum atomic E-state index is 14.3. The van der Waals surface area contributed by atoms with Gasteiger partial charge in [-0.15, -0.1) is 0 Å². The second-order valence-corrected chi connectivity index (χ2v) is 29.2. The smallest absolute Gasteiger partial charge is 0.462 e. The van der Waals surface area contributed by atoms with Gasteiger partial charge in [-0.05, 0) is 25.7 Å². The molecule has 3 aliphatic rings. The van der Waals surface area contributed by atoms with E-state index in [9.17, 15) is 74.9 Å². The molecule has 0 amide bonds. The van der Waals surface area contributed by atoms with Crippen molar-refractivity contribution in [2.24, 2.45) is 0 Å². The number of phosphoric ester groups is 1. The molecule has 25 heteroatoms. The Kier molecular flexibility index (Phi) is 51.2. The molecule has 2 aliphatic heterocycles. The van der Waals surface area contributed by atoms with E-state index in [1.54, 1.807) is 6.08 Å². The van der Waals surface area contributed by atoms with Crippen molar-refractivity contribution in [2.45, 2.75) is 401 Å². The van der Waals surface area contributed by atoms with E-state index in [1.807, 2.05) is 6.08 Å². The summed E-state index contributed by atoms with van der Waals surface area (Å²) >= 11 is 0. The van der Waals surface area contributed by atoms with Crippen molar-refractivity contribution in [3.63, 3.8) is 0 Å². The van der Waals surface area contributed by atoms with Crippen molar-refractivity contribution >= 4 is 25.7 Å². The third-order valence-electron chi connectivity index (χ3n) is 19.1. The molecule has 3 fully saturated rings. The van der Waals surface area contributed by atoms with Crippen molar-refractivity contribution in [3.05, 3.63) is 24.3 Å². The number of unbranched alkanes of at least 4 members (excludes halogenated alkanes) is 38. The zero-order valence-electron chi connectivity index (χ0n) is 60.5. The summed E-state index contributed by atoms with van der Waals surface area (Å²) in [6, 6.07) is 0. The van der Waals surface area contributed by atoms with E-state index in [1.165, 1.54) is 167 Å². The van der Waals surface area contributed by atoms with Gasteiger partial charge in [-0.2, -0.15) is 0 Å². The highest BCUT2D eigenvalue weighted by atomic mass is 31.2. The van der Waals surface area contributed by atoms with E-state index in [0.717, 1.165) is 96.0 Å². The number of carbonyl (C=O) groups is 3. The van der Waals surface area contributed by atoms with Crippen LogP contribution < -0.4 is 0 Å². The van der Waals surface area contributed by atoms with Crippen LogP contribution in [0.25, 0.3) is 0 Å². The van der Waals surface area contributed by atoms with Gasteiger partial charge in [0.2, 0.25) is 0 Å². The summed E-state index contributed by atoms with van der Waals surface area (Å²) in [5.41, 5.74) is 0. The van der Waals surface area contributed by atoms with Crippen molar-refractivity contribution in [3.8, 4) is 0 Å². The fourth-order valence-electron chi connectivity index (χ4n) is 12.8. The Morgan fingerprint density at radius 3 is 1.19 bits per heavy atom. The molecule has 18 atom stereocenters. The number of rotatable bonds is 60. The van der Waals surface area contributed by atoms with Crippen LogP contribution in [0.5, 0.6) is 0 Å². The Bertz CT molecular complexity index is 2140. The summed E-state index contributed by atoms with van der Waals surface area (Å²) in [4.78, 5) is 50.9. The first-order valence-electron chi connectivity index (χ1n) is 38.7. The highest BCUT2D eigenvalue weighted by Gasteiger charge is 2.58. The van der Waals surface area contributed by atoms with Crippen LogP contribution in [0.3, 0.4) is 0 Å². The summed E-state index contributed by atoms with van der Waals surface area (Å²) < 4.78 is 64.9. The van der Waals surface area contributed by atoms with Crippen LogP contribution in [0.2, 0.25) is 0 Å². The second-order valence-electron chi connectivity index (χ2n) is 27.8. The Morgan fingerprint density at radius 1 is 0.414 bits per heavy atom. The Morgan fingerprint density at radius 2 is 0.778 bits per heavy atom. The minimum absolute atomic E-state index is 0.0382. The molecule has 1 saturated carbocycles. The molecule has 0 bridgehead atoms. The largest absolute Gasteiger partial charge is 0.472 e. The highest BCUT2D eigenvalue weighted by molar-refractivity contribution is 7.47. The number of hydrogen-bond acceptors (Lipinski definition) is 23. The van der Waals surface area contributed by atoms with Crippen molar-refractivity contribution in [1.29, 1.82) is 0 Å². The first kappa shape index (κ1) is 90.7. The molecule has 99 heavy (non-hydrogen) atoms. The average molecular weight is 1440 g/mol. The Balaban J connectivity index is 1.74. The Hall–Kier alpha value is -2.56. The van der Waals surface area contributed by atoms with Crippen molar-refractivity contribution in [2.75, 3.05) is 26.4 Å². The maximum absolute atomic E-state index is 14.3. The average Bonchev–Trinajstić information content (AvgIpc) is 0.763. The maximum Gasteiger partial charge on any atom is 0.472 e. The lowest BCUT2D eigenvalue weighted by atomic mass is 9.84. The number of carbonyl (C=O) groups excluding carboxylic acids is 3. The molecule has 0 aromatic rings. The molecule has 580 valence electrons. The number of esters is 3. The summed E-state index contributed by atoms with van der Waals surface area (Å²) in [6.45, 7) is 3.38. The van der Waals surface area contributed by atoms with E-state index in [4.69, 9.17) is 42.2 Å². The summed E-state index contributed by atoms with van der Waals surface area (Å²) in [7, 11) is -5.70. The molecule has 24 nitrogen and oxygen atoms in total. The third-order valence-corrected chi connectivity index (χ3v) is 20.1. The number of aliphatic hydroxyl groups excluding tert-OH is 10. The summed E-state index contributed by atoms with van der Waals surface area (Å²) in [5, 5.41) is 110. The molecule has 0 aromatic heterocycles. The number of allylic oxidation sites excluding steroid dienone is 3. The lowest BCUT2D eigenvalue weighted by Crippen LogP contribution is -2.69. The van der Waals surface area contributed by atoms with Gasteiger partial charge in [0, 0.05) is 18.9 Å². The molecule has 1 aliphatic carbocycles. The zero-order chi connectivity index (χ0) is 72.5. The van der Waals surface area contributed by atoms with Gasteiger partial charge in [0.25, 0.3) is 0 Å². The van der Waals surface area contributed by atoms with Crippen LogP contribution in [0.1, 0.15) is 297 Å². The van der Waals surface area contributed by atoms with Crippen LogP contribution in [-0.4, -0.2) is 204 Å². The quantitative estimate of drug-likeness (QED) is 0.00673. The lowest BCUT2D eigenvalue weighted by Gasteiger charge is -2.49. The predicted molar refractivity (Wildman–Crippen MR) is 374 cm³/mol. The fourth-order valence-corrected chi connectivity index (χ4v) is 13.8. The van der Waals surface area contributed by atoms with Crippen LogP contribution in [-0.2, 0) is 61.2 Å².